The number of aldehydes is 1. The van der Waals surface area contributed by atoms with Gasteiger partial charge in [-0.2, -0.15) is 5.10 Å². The maximum Gasteiger partial charge on any atom is 0.266 e. The molecule has 0 saturated heterocycles. The molecule has 0 saturated carbocycles. The Morgan fingerprint density at radius 3 is 2.79 bits per heavy atom. The van der Waals surface area contributed by atoms with Gasteiger partial charge in [0, 0.05) is 18.7 Å². The molecule has 1 N–H and O–H groups in total. The molecule has 0 radical (unpaired) electrons. The van der Waals surface area contributed by atoms with E-state index in [9.17, 15) is 14.7 Å². The van der Waals surface area contributed by atoms with Crippen LogP contribution >= 0.6 is 0 Å². The summed E-state index contributed by atoms with van der Waals surface area (Å²) in [7, 11) is 0. The smallest absolute Gasteiger partial charge is 0.266 e. The van der Waals surface area contributed by atoms with Gasteiger partial charge < -0.3 is 9.84 Å². The van der Waals surface area contributed by atoms with E-state index in [1.807, 2.05) is 20.8 Å². The Balaban J connectivity index is 2.18. The number of aromatic nitrogens is 2. The van der Waals surface area contributed by atoms with Crippen LogP contribution < -0.4 is 9.64 Å². The number of aromatic hydroxyl groups is 1. The number of hydrogen-bond acceptors (Lipinski definition) is 5. The second-order valence-electron chi connectivity index (χ2n) is 5.46. The van der Waals surface area contributed by atoms with Gasteiger partial charge in [0.2, 0.25) is 0 Å². The molecule has 128 valence electrons. The van der Waals surface area contributed by atoms with Crippen LogP contribution in [0.1, 0.15) is 31.1 Å². The molecular formula is C17H21N3O4. The summed E-state index contributed by atoms with van der Waals surface area (Å²) in [5, 5.41) is 13.8. The fourth-order valence-electron chi connectivity index (χ4n) is 2.44. The number of anilines is 1. The zero-order chi connectivity index (χ0) is 17.7. The van der Waals surface area contributed by atoms with Crippen LogP contribution in [0.2, 0.25) is 0 Å². The van der Waals surface area contributed by atoms with Gasteiger partial charge in [-0.1, -0.05) is 6.07 Å². The summed E-state index contributed by atoms with van der Waals surface area (Å²) >= 11 is 0. The third-order valence-electron chi connectivity index (χ3n) is 3.54. The van der Waals surface area contributed by atoms with Crippen LogP contribution in [-0.2, 0) is 11.3 Å². The van der Waals surface area contributed by atoms with E-state index in [2.05, 4.69) is 5.10 Å². The molecule has 1 aromatic carbocycles. The van der Waals surface area contributed by atoms with E-state index in [1.165, 1.54) is 12.1 Å². The van der Waals surface area contributed by atoms with E-state index in [1.54, 1.807) is 27.9 Å². The highest BCUT2D eigenvalue weighted by molar-refractivity contribution is 5.94. The predicted molar refractivity (Wildman–Crippen MR) is 89.5 cm³/mol. The highest BCUT2D eigenvalue weighted by Crippen LogP contribution is 2.25. The van der Waals surface area contributed by atoms with Gasteiger partial charge >= 0.3 is 0 Å². The molecule has 1 aromatic heterocycles. The van der Waals surface area contributed by atoms with Crippen LogP contribution in [0, 0.1) is 0 Å². The van der Waals surface area contributed by atoms with Crippen molar-refractivity contribution < 1.29 is 19.4 Å². The molecule has 0 aliphatic heterocycles. The predicted octanol–water partition coefficient (Wildman–Crippen LogP) is 2.24. The lowest BCUT2D eigenvalue weighted by Gasteiger charge is -2.27. The van der Waals surface area contributed by atoms with Crippen molar-refractivity contribution in [1.82, 2.24) is 9.78 Å². The molecule has 1 amide bonds. The van der Waals surface area contributed by atoms with Gasteiger partial charge in [-0.3, -0.25) is 14.5 Å². The Morgan fingerprint density at radius 2 is 2.17 bits per heavy atom. The van der Waals surface area contributed by atoms with E-state index >= 15 is 0 Å². The third-order valence-corrected chi connectivity index (χ3v) is 3.54. The summed E-state index contributed by atoms with van der Waals surface area (Å²) < 4.78 is 7.19. The Morgan fingerprint density at radius 1 is 1.42 bits per heavy atom. The largest absolute Gasteiger partial charge is 0.507 e. The number of carbonyl (C=O) groups is 2. The lowest BCUT2D eigenvalue weighted by Crippen LogP contribution is -2.41. The molecular weight excluding hydrogens is 310 g/mol. The number of nitrogens with zero attached hydrogens (tertiary/aromatic N) is 3. The number of rotatable bonds is 7. The lowest BCUT2D eigenvalue weighted by atomic mass is 10.2. The topological polar surface area (TPSA) is 84.7 Å². The summed E-state index contributed by atoms with van der Waals surface area (Å²) in [4.78, 5) is 25.3. The lowest BCUT2D eigenvalue weighted by molar-refractivity contribution is -0.121. The quantitative estimate of drug-likeness (QED) is 0.787. The molecule has 0 aliphatic rings. The molecule has 0 atom stereocenters. The Bertz CT molecular complexity index is 724. The van der Waals surface area contributed by atoms with Crippen molar-refractivity contribution >= 4 is 18.0 Å². The number of hydrogen-bond donors (Lipinski definition) is 1. The summed E-state index contributed by atoms with van der Waals surface area (Å²) in [6.45, 7) is 6.13. The minimum Gasteiger partial charge on any atom is -0.507 e. The summed E-state index contributed by atoms with van der Waals surface area (Å²) in [6.07, 6.45) is 2.14. The number of carbonyl (C=O) groups excluding carboxylic acids is 2. The SMILES string of the molecule is CCn1nccc1N(C(=O)COc1cccc(O)c1C=O)C(C)C. The van der Waals surface area contributed by atoms with Crippen molar-refractivity contribution in [3.63, 3.8) is 0 Å². The van der Waals surface area contributed by atoms with Crippen molar-refractivity contribution in [2.45, 2.75) is 33.4 Å². The third kappa shape index (κ3) is 3.56. The van der Waals surface area contributed by atoms with Gasteiger partial charge in [-0.15, -0.1) is 0 Å². The van der Waals surface area contributed by atoms with Crippen molar-refractivity contribution in [2.75, 3.05) is 11.5 Å². The molecule has 1 heterocycles. The number of amides is 1. The molecule has 0 bridgehead atoms. The van der Waals surface area contributed by atoms with E-state index in [0.717, 1.165) is 0 Å². The fourth-order valence-corrected chi connectivity index (χ4v) is 2.44. The normalized spacial score (nSPS) is 10.7. The fraction of sp³-hybridized carbons (Fsp3) is 0.353. The van der Waals surface area contributed by atoms with E-state index in [-0.39, 0.29) is 35.6 Å². The average Bonchev–Trinajstić information content (AvgIpc) is 3.00. The standard InChI is InChI=1S/C17H21N3O4/c1-4-19-16(8-9-18-19)20(12(2)3)17(23)11-24-15-7-5-6-14(22)13(15)10-21/h5-10,12,22H,4,11H2,1-3H3. The number of benzene rings is 1. The Kier molecular flexibility index (Phi) is 5.57. The van der Waals surface area contributed by atoms with Crippen molar-refractivity contribution in [1.29, 1.82) is 0 Å². The maximum atomic E-state index is 12.6. The van der Waals surface area contributed by atoms with Gasteiger partial charge in [0.05, 0.1) is 11.8 Å². The minimum atomic E-state index is -0.264. The van der Waals surface area contributed by atoms with E-state index < -0.39 is 0 Å². The average molecular weight is 331 g/mol. The molecule has 7 heteroatoms. The molecule has 0 fully saturated rings. The molecule has 0 spiro atoms. The van der Waals surface area contributed by atoms with Crippen LogP contribution in [-0.4, -0.2) is 39.7 Å². The Labute approximate surface area is 140 Å². The molecule has 0 aliphatic carbocycles. The number of phenols is 1. The first-order valence-electron chi connectivity index (χ1n) is 7.73. The first-order chi connectivity index (χ1) is 11.5. The first-order valence-corrected chi connectivity index (χ1v) is 7.73. The molecule has 24 heavy (non-hydrogen) atoms. The van der Waals surface area contributed by atoms with E-state index in [4.69, 9.17) is 4.74 Å². The number of aryl methyl sites for hydroxylation is 1. The van der Waals surface area contributed by atoms with Crippen LogP contribution in [0.25, 0.3) is 0 Å². The molecule has 0 unspecified atom stereocenters. The van der Waals surface area contributed by atoms with Crippen molar-refractivity contribution in [3.8, 4) is 11.5 Å². The van der Waals surface area contributed by atoms with Crippen LogP contribution in [0.5, 0.6) is 11.5 Å². The molecule has 2 aromatic rings. The van der Waals surface area contributed by atoms with Gasteiger partial charge in [0.1, 0.15) is 17.3 Å². The highest BCUT2D eigenvalue weighted by atomic mass is 16.5. The molecule has 2 rings (SSSR count). The van der Waals surface area contributed by atoms with Gasteiger partial charge in [0.25, 0.3) is 5.91 Å². The van der Waals surface area contributed by atoms with Crippen LogP contribution in [0.4, 0.5) is 5.82 Å². The summed E-state index contributed by atoms with van der Waals surface area (Å²) in [6, 6.07) is 6.16. The monoisotopic (exact) mass is 331 g/mol. The summed E-state index contributed by atoms with van der Waals surface area (Å²) in [5.74, 6) is 0.416. The first kappa shape index (κ1) is 17.5. The second kappa shape index (κ2) is 7.63. The van der Waals surface area contributed by atoms with Gasteiger partial charge in [0.15, 0.2) is 12.9 Å². The van der Waals surface area contributed by atoms with Crippen LogP contribution in [0.3, 0.4) is 0 Å². The minimum absolute atomic E-state index is 0.0278. The van der Waals surface area contributed by atoms with E-state index in [0.29, 0.717) is 18.6 Å². The molecule has 7 nitrogen and oxygen atoms in total. The number of phenolic OH excluding ortho intramolecular Hbond substituents is 1. The number of ether oxygens (including phenoxy) is 1. The zero-order valence-electron chi connectivity index (χ0n) is 14.0. The zero-order valence-corrected chi connectivity index (χ0v) is 14.0. The van der Waals surface area contributed by atoms with Crippen molar-refractivity contribution in [2.24, 2.45) is 0 Å². The van der Waals surface area contributed by atoms with Crippen LogP contribution in [0.15, 0.2) is 30.5 Å². The van der Waals surface area contributed by atoms with Gasteiger partial charge in [-0.05, 0) is 32.9 Å². The maximum absolute atomic E-state index is 12.6. The second-order valence-corrected chi connectivity index (χ2v) is 5.46. The van der Waals surface area contributed by atoms with Crippen molar-refractivity contribution in [3.05, 3.63) is 36.0 Å². The van der Waals surface area contributed by atoms with Gasteiger partial charge in [-0.25, -0.2) is 4.68 Å². The summed E-state index contributed by atoms with van der Waals surface area (Å²) in [5.41, 5.74) is 0.0278. The Hall–Kier alpha value is -2.83. The highest BCUT2D eigenvalue weighted by Gasteiger charge is 2.23.